The second kappa shape index (κ2) is 10.4. The van der Waals surface area contributed by atoms with Gasteiger partial charge in [0.2, 0.25) is 11.8 Å². The monoisotopic (exact) mass is 406 g/mol. The molecule has 1 saturated carbocycles. The van der Waals surface area contributed by atoms with Crippen molar-refractivity contribution in [1.29, 1.82) is 0 Å². The van der Waals surface area contributed by atoms with E-state index in [2.05, 4.69) is 18.3 Å². The minimum Gasteiger partial charge on any atom is -0.352 e. The van der Waals surface area contributed by atoms with Crippen LogP contribution in [0.25, 0.3) is 0 Å². The minimum atomic E-state index is -0.455. The Morgan fingerprint density at radius 3 is 2.33 bits per heavy atom. The second-order valence-electron chi connectivity index (χ2n) is 8.52. The van der Waals surface area contributed by atoms with Crippen LogP contribution in [0, 0.1) is 13.8 Å². The summed E-state index contributed by atoms with van der Waals surface area (Å²) in [5.41, 5.74) is 4.37. The molecule has 1 aliphatic rings. The van der Waals surface area contributed by atoms with Gasteiger partial charge in [-0.05, 0) is 49.8 Å². The lowest BCUT2D eigenvalue weighted by Gasteiger charge is -2.32. The van der Waals surface area contributed by atoms with Crippen molar-refractivity contribution in [2.24, 2.45) is 0 Å². The van der Waals surface area contributed by atoms with Crippen LogP contribution in [0.2, 0.25) is 0 Å². The molecule has 160 valence electrons. The van der Waals surface area contributed by atoms with Crippen molar-refractivity contribution in [3.05, 3.63) is 70.8 Å². The van der Waals surface area contributed by atoms with Crippen molar-refractivity contribution in [3.63, 3.8) is 0 Å². The van der Waals surface area contributed by atoms with Gasteiger partial charge in [0, 0.05) is 12.6 Å². The number of nitrogens with one attached hydrogen (secondary N) is 1. The Morgan fingerprint density at radius 2 is 1.70 bits per heavy atom. The Kier molecular flexibility index (Phi) is 7.67. The summed E-state index contributed by atoms with van der Waals surface area (Å²) in [7, 11) is 0. The highest BCUT2D eigenvalue weighted by molar-refractivity contribution is 5.88. The van der Waals surface area contributed by atoms with E-state index in [-0.39, 0.29) is 17.9 Å². The van der Waals surface area contributed by atoms with Crippen molar-refractivity contribution < 1.29 is 9.59 Å². The molecular formula is C26H34N2O2. The van der Waals surface area contributed by atoms with Gasteiger partial charge < -0.3 is 10.2 Å². The predicted octanol–water partition coefficient (Wildman–Crippen LogP) is 4.71. The van der Waals surface area contributed by atoms with Crippen molar-refractivity contribution in [2.75, 3.05) is 0 Å². The van der Waals surface area contributed by atoms with Crippen LogP contribution in [-0.4, -0.2) is 28.8 Å². The number of benzene rings is 2. The van der Waals surface area contributed by atoms with E-state index in [0.717, 1.165) is 29.5 Å². The van der Waals surface area contributed by atoms with E-state index in [1.165, 1.54) is 18.4 Å². The zero-order valence-corrected chi connectivity index (χ0v) is 18.5. The molecule has 0 saturated heterocycles. The Bertz CT molecular complexity index is 854. The lowest BCUT2D eigenvalue weighted by molar-refractivity contribution is -0.141. The third kappa shape index (κ3) is 5.71. The SMILES string of the molecule is CCC(C(=O)NC1CCCC1)N(Cc1ccccc1C)C(=O)Cc1ccc(C)cc1. The Hall–Kier alpha value is -2.62. The number of hydrogen-bond acceptors (Lipinski definition) is 2. The highest BCUT2D eigenvalue weighted by Crippen LogP contribution is 2.20. The molecule has 2 aromatic carbocycles. The minimum absolute atomic E-state index is 0.00414. The second-order valence-corrected chi connectivity index (χ2v) is 8.52. The molecule has 1 N–H and O–H groups in total. The van der Waals surface area contributed by atoms with Gasteiger partial charge in [0.1, 0.15) is 6.04 Å². The molecule has 0 bridgehead atoms. The van der Waals surface area contributed by atoms with Gasteiger partial charge in [0.05, 0.1) is 6.42 Å². The molecule has 2 aromatic rings. The highest BCUT2D eigenvalue weighted by atomic mass is 16.2. The first-order valence-corrected chi connectivity index (χ1v) is 11.2. The average molecular weight is 407 g/mol. The van der Waals surface area contributed by atoms with Crippen LogP contribution >= 0.6 is 0 Å². The van der Waals surface area contributed by atoms with E-state index in [4.69, 9.17) is 0 Å². The molecule has 3 rings (SSSR count). The number of rotatable bonds is 8. The van der Waals surface area contributed by atoms with Gasteiger partial charge in [-0.1, -0.05) is 73.9 Å². The molecule has 1 unspecified atom stereocenters. The van der Waals surface area contributed by atoms with Crippen molar-refractivity contribution in [3.8, 4) is 0 Å². The van der Waals surface area contributed by atoms with E-state index < -0.39 is 6.04 Å². The van der Waals surface area contributed by atoms with Crippen LogP contribution in [0.15, 0.2) is 48.5 Å². The maximum atomic E-state index is 13.4. The third-order valence-corrected chi connectivity index (χ3v) is 6.17. The van der Waals surface area contributed by atoms with Gasteiger partial charge in [-0.3, -0.25) is 9.59 Å². The summed E-state index contributed by atoms with van der Waals surface area (Å²) in [5.74, 6) is -0.0224. The summed E-state index contributed by atoms with van der Waals surface area (Å²) in [6.45, 7) is 6.53. The van der Waals surface area contributed by atoms with Crippen molar-refractivity contribution in [2.45, 2.75) is 77.9 Å². The first-order chi connectivity index (χ1) is 14.5. The fourth-order valence-corrected chi connectivity index (χ4v) is 4.24. The Labute approximate surface area is 180 Å². The molecule has 0 radical (unpaired) electrons. The van der Waals surface area contributed by atoms with Crippen LogP contribution < -0.4 is 5.32 Å². The van der Waals surface area contributed by atoms with E-state index in [1.54, 1.807) is 4.90 Å². The number of carbonyl (C=O) groups excluding carboxylic acids is 2. The summed E-state index contributed by atoms with van der Waals surface area (Å²) in [4.78, 5) is 28.3. The molecule has 0 aromatic heterocycles. The quantitative estimate of drug-likeness (QED) is 0.690. The fraction of sp³-hybridized carbons (Fsp3) is 0.462. The Balaban J connectivity index is 1.82. The molecule has 1 aliphatic carbocycles. The molecule has 0 heterocycles. The highest BCUT2D eigenvalue weighted by Gasteiger charge is 2.30. The summed E-state index contributed by atoms with van der Waals surface area (Å²) < 4.78 is 0. The first kappa shape index (κ1) is 22.1. The van der Waals surface area contributed by atoms with Crippen LogP contribution in [-0.2, 0) is 22.6 Å². The first-order valence-electron chi connectivity index (χ1n) is 11.2. The molecule has 0 aliphatic heterocycles. The smallest absolute Gasteiger partial charge is 0.243 e. The largest absolute Gasteiger partial charge is 0.352 e. The fourth-order valence-electron chi connectivity index (χ4n) is 4.24. The van der Waals surface area contributed by atoms with Crippen molar-refractivity contribution in [1.82, 2.24) is 10.2 Å². The number of amides is 2. The number of carbonyl (C=O) groups is 2. The molecule has 1 fully saturated rings. The molecule has 4 heteroatoms. The van der Waals surface area contributed by atoms with E-state index in [0.29, 0.717) is 19.4 Å². The van der Waals surface area contributed by atoms with Gasteiger partial charge in [-0.15, -0.1) is 0 Å². The maximum absolute atomic E-state index is 13.4. The van der Waals surface area contributed by atoms with Crippen LogP contribution in [0.5, 0.6) is 0 Å². The predicted molar refractivity (Wildman–Crippen MR) is 121 cm³/mol. The molecular weight excluding hydrogens is 372 g/mol. The molecule has 4 nitrogen and oxygen atoms in total. The van der Waals surface area contributed by atoms with Crippen molar-refractivity contribution >= 4 is 11.8 Å². The van der Waals surface area contributed by atoms with E-state index in [1.807, 2.05) is 56.3 Å². The Morgan fingerprint density at radius 1 is 1.03 bits per heavy atom. The number of aryl methyl sites for hydroxylation is 2. The normalized spacial score (nSPS) is 15.0. The zero-order chi connectivity index (χ0) is 21.5. The van der Waals surface area contributed by atoms with Gasteiger partial charge in [-0.2, -0.15) is 0 Å². The maximum Gasteiger partial charge on any atom is 0.243 e. The standard InChI is InChI=1S/C26H34N2O2/c1-4-24(26(30)27-23-11-7-8-12-23)28(18-22-10-6-5-9-20(22)3)25(29)17-21-15-13-19(2)14-16-21/h5-6,9-10,13-16,23-24H,4,7-8,11-12,17-18H2,1-3H3,(H,27,30). The molecule has 0 spiro atoms. The van der Waals surface area contributed by atoms with E-state index >= 15 is 0 Å². The van der Waals surface area contributed by atoms with Gasteiger partial charge in [0.15, 0.2) is 0 Å². The topological polar surface area (TPSA) is 49.4 Å². The van der Waals surface area contributed by atoms with Crippen LogP contribution in [0.1, 0.15) is 61.3 Å². The summed E-state index contributed by atoms with van der Waals surface area (Å²) in [5, 5.41) is 3.20. The van der Waals surface area contributed by atoms with Crippen LogP contribution in [0.3, 0.4) is 0 Å². The number of hydrogen-bond donors (Lipinski definition) is 1. The number of nitrogens with zero attached hydrogens (tertiary/aromatic N) is 1. The van der Waals surface area contributed by atoms with E-state index in [9.17, 15) is 9.59 Å². The molecule has 30 heavy (non-hydrogen) atoms. The lowest BCUT2D eigenvalue weighted by atomic mass is 10.0. The third-order valence-electron chi connectivity index (χ3n) is 6.17. The van der Waals surface area contributed by atoms with Gasteiger partial charge in [0.25, 0.3) is 0 Å². The average Bonchev–Trinajstić information content (AvgIpc) is 3.24. The zero-order valence-electron chi connectivity index (χ0n) is 18.5. The molecule has 2 amide bonds. The van der Waals surface area contributed by atoms with Crippen LogP contribution in [0.4, 0.5) is 0 Å². The lowest BCUT2D eigenvalue weighted by Crippen LogP contribution is -2.51. The summed E-state index contributed by atoms with van der Waals surface area (Å²) in [6, 6.07) is 15.9. The molecule has 1 atom stereocenters. The van der Waals surface area contributed by atoms with Gasteiger partial charge in [-0.25, -0.2) is 0 Å². The summed E-state index contributed by atoms with van der Waals surface area (Å²) >= 11 is 0. The van der Waals surface area contributed by atoms with Gasteiger partial charge >= 0.3 is 0 Å². The summed E-state index contributed by atoms with van der Waals surface area (Å²) in [6.07, 6.45) is 5.32.